The van der Waals surface area contributed by atoms with Crippen LogP contribution in [0.25, 0.3) is 6.08 Å². The first kappa shape index (κ1) is 12.7. The Labute approximate surface area is 114 Å². The van der Waals surface area contributed by atoms with Crippen LogP contribution < -0.4 is 5.32 Å². The van der Waals surface area contributed by atoms with Gasteiger partial charge in [-0.3, -0.25) is 0 Å². The van der Waals surface area contributed by atoms with E-state index in [2.05, 4.69) is 17.3 Å². The smallest absolute Gasteiger partial charge is 0.128 e. The second-order valence-electron chi connectivity index (χ2n) is 5.79. The van der Waals surface area contributed by atoms with E-state index in [0.29, 0.717) is 12.6 Å². The Morgan fingerprint density at radius 3 is 2.89 bits per heavy atom. The predicted molar refractivity (Wildman–Crippen MR) is 76.1 cm³/mol. The Kier molecular flexibility index (Phi) is 3.31. The van der Waals surface area contributed by atoms with E-state index in [9.17, 15) is 4.39 Å². The molecule has 0 unspecified atom stereocenters. The van der Waals surface area contributed by atoms with Crippen molar-refractivity contribution in [1.82, 2.24) is 10.2 Å². The Bertz CT molecular complexity index is 518. The quantitative estimate of drug-likeness (QED) is 0.898. The molecule has 0 saturated heterocycles. The van der Waals surface area contributed by atoms with Gasteiger partial charge >= 0.3 is 0 Å². The Balaban J connectivity index is 1.90. The molecule has 2 aliphatic rings. The third-order valence-corrected chi connectivity index (χ3v) is 4.33. The summed E-state index contributed by atoms with van der Waals surface area (Å²) < 4.78 is 14.2. The minimum absolute atomic E-state index is 0.0720. The average Bonchev–Trinajstić information content (AvgIpc) is 2.31. The number of halogens is 1. The van der Waals surface area contributed by atoms with Crippen LogP contribution in [0.15, 0.2) is 12.3 Å². The summed E-state index contributed by atoms with van der Waals surface area (Å²) in [7, 11) is 2.05. The van der Waals surface area contributed by atoms with Crippen molar-refractivity contribution in [2.75, 3.05) is 7.05 Å². The van der Waals surface area contributed by atoms with E-state index in [4.69, 9.17) is 0 Å². The summed E-state index contributed by atoms with van der Waals surface area (Å²) in [5, 5.41) is 3.47. The summed E-state index contributed by atoms with van der Waals surface area (Å²) >= 11 is 0. The second kappa shape index (κ2) is 4.97. The lowest BCUT2D eigenvalue weighted by Gasteiger charge is -2.29. The molecule has 1 aromatic rings. The van der Waals surface area contributed by atoms with E-state index in [0.717, 1.165) is 23.2 Å². The molecule has 0 radical (unpaired) electrons. The summed E-state index contributed by atoms with van der Waals surface area (Å²) in [6.45, 7) is 3.51. The van der Waals surface area contributed by atoms with Crippen molar-refractivity contribution in [3.8, 4) is 0 Å². The van der Waals surface area contributed by atoms with Crippen molar-refractivity contribution in [2.24, 2.45) is 0 Å². The van der Waals surface area contributed by atoms with Crippen LogP contribution in [0.1, 0.15) is 41.5 Å². The minimum Gasteiger partial charge on any atom is -0.376 e. The number of hydrogen-bond donors (Lipinski definition) is 1. The first-order chi connectivity index (χ1) is 9.15. The lowest BCUT2D eigenvalue weighted by molar-refractivity contribution is 0.336. The summed E-state index contributed by atoms with van der Waals surface area (Å²) in [5.74, 6) is -0.0720. The first-order valence-corrected chi connectivity index (χ1v) is 7.08. The first-order valence-electron chi connectivity index (χ1n) is 7.08. The zero-order chi connectivity index (χ0) is 13.4. The van der Waals surface area contributed by atoms with E-state index >= 15 is 0 Å². The summed E-state index contributed by atoms with van der Waals surface area (Å²) in [6.07, 6.45) is 7.85. The SMILES string of the molecule is Cc1cc(F)c(CNC2CCC2)c2c1CN(C)C=C2. The highest BCUT2D eigenvalue weighted by molar-refractivity contribution is 5.62. The molecule has 3 heteroatoms. The van der Waals surface area contributed by atoms with E-state index in [-0.39, 0.29) is 5.82 Å². The van der Waals surface area contributed by atoms with Crippen LogP contribution in [0.2, 0.25) is 0 Å². The maximum Gasteiger partial charge on any atom is 0.128 e. The van der Waals surface area contributed by atoms with Crippen LogP contribution in [0, 0.1) is 12.7 Å². The molecule has 1 aliphatic carbocycles. The van der Waals surface area contributed by atoms with Gasteiger partial charge < -0.3 is 10.2 Å². The summed E-state index contributed by atoms with van der Waals surface area (Å²) in [5.41, 5.74) is 4.23. The predicted octanol–water partition coefficient (Wildman–Crippen LogP) is 3.19. The fraction of sp³-hybridized carbons (Fsp3) is 0.500. The summed E-state index contributed by atoms with van der Waals surface area (Å²) in [4.78, 5) is 2.14. The molecular formula is C16H21FN2. The monoisotopic (exact) mass is 260 g/mol. The van der Waals surface area contributed by atoms with Crippen LogP contribution in [0.5, 0.6) is 0 Å². The molecule has 1 heterocycles. The molecule has 2 nitrogen and oxygen atoms in total. The molecule has 0 spiro atoms. The maximum atomic E-state index is 14.2. The molecule has 0 atom stereocenters. The molecule has 1 aromatic carbocycles. The molecule has 1 N–H and O–H groups in total. The van der Waals surface area contributed by atoms with Crippen molar-refractivity contribution >= 4 is 6.08 Å². The highest BCUT2D eigenvalue weighted by atomic mass is 19.1. The number of benzene rings is 1. The van der Waals surface area contributed by atoms with Gasteiger partial charge in [0.25, 0.3) is 0 Å². The van der Waals surface area contributed by atoms with Gasteiger partial charge in [0.15, 0.2) is 0 Å². The van der Waals surface area contributed by atoms with Gasteiger partial charge in [-0.2, -0.15) is 0 Å². The highest BCUT2D eigenvalue weighted by Crippen LogP contribution is 2.28. The van der Waals surface area contributed by atoms with E-state index in [1.165, 1.54) is 24.8 Å². The number of hydrogen-bond acceptors (Lipinski definition) is 2. The van der Waals surface area contributed by atoms with Crippen LogP contribution in [-0.4, -0.2) is 18.0 Å². The van der Waals surface area contributed by atoms with Crippen LogP contribution >= 0.6 is 0 Å². The fourth-order valence-electron chi connectivity index (χ4n) is 2.84. The third-order valence-electron chi connectivity index (χ3n) is 4.33. The molecule has 1 fully saturated rings. The molecule has 1 saturated carbocycles. The van der Waals surface area contributed by atoms with Gasteiger partial charge in [0, 0.05) is 31.7 Å². The van der Waals surface area contributed by atoms with Gasteiger partial charge in [0.2, 0.25) is 0 Å². The molecule has 19 heavy (non-hydrogen) atoms. The highest BCUT2D eigenvalue weighted by Gasteiger charge is 2.21. The molecule has 1 aliphatic heterocycles. The maximum absolute atomic E-state index is 14.2. The lowest BCUT2D eigenvalue weighted by atomic mass is 9.91. The van der Waals surface area contributed by atoms with E-state index in [1.54, 1.807) is 6.07 Å². The molecular weight excluding hydrogens is 239 g/mol. The number of nitrogens with zero attached hydrogens (tertiary/aromatic N) is 1. The zero-order valence-electron chi connectivity index (χ0n) is 11.7. The van der Waals surface area contributed by atoms with Gasteiger partial charge in [-0.25, -0.2) is 4.39 Å². The van der Waals surface area contributed by atoms with Crippen LogP contribution in [0.3, 0.4) is 0 Å². The number of rotatable bonds is 3. The average molecular weight is 260 g/mol. The van der Waals surface area contributed by atoms with Crippen molar-refractivity contribution in [2.45, 2.75) is 45.3 Å². The van der Waals surface area contributed by atoms with E-state index in [1.807, 2.05) is 19.2 Å². The van der Waals surface area contributed by atoms with Crippen molar-refractivity contribution in [3.05, 3.63) is 40.3 Å². The van der Waals surface area contributed by atoms with Gasteiger partial charge in [0.05, 0.1) is 0 Å². The Morgan fingerprint density at radius 1 is 1.42 bits per heavy atom. The van der Waals surface area contributed by atoms with Crippen LogP contribution in [0.4, 0.5) is 4.39 Å². The molecule has 0 amide bonds. The van der Waals surface area contributed by atoms with Crippen LogP contribution in [-0.2, 0) is 13.1 Å². The Morgan fingerprint density at radius 2 is 2.21 bits per heavy atom. The second-order valence-corrected chi connectivity index (χ2v) is 5.79. The molecule has 3 rings (SSSR count). The molecule has 102 valence electrons. The fourth-order valence-corrected chi connectivity index (χ4v) is 2.84. The lowest BCUT2D eigenvalue weighted by Crippen LogP contribution is -2.35. The third kappa shape index (κ3) is 2.39. The van der Waals surface area contributed by atoms with Gasteiger partial charge in [0.1, 0.15) is 5.82 Å². The van der Waals surface area contributed by atoms with E-state index < -0.39 is 0 Å². The van der Waals surface area contributed by atoms with Crippen molar-refractivity contribution < 1.29 is 4.39 Å². The molecule has 0 aromatic heterocycles. The normalized spacial score (nSPS) is 18.4. The van der Waals surface area contributed by atoms with Gasteiger partial charge in [-0.05, 0) is 54.8 Å². The van der Waals surface area contributed by atoms with Crippen molar-refractivity contribution in [1.29, 1.82) is 0 Å². The number of nitrogens with one attached hydrogen (secondary N) is 1. The largest absolute Gasteiger partial charge is 0.376 e. The summed E-state index contributed by atoms with van der Waals surface area (Å²) in [6, 6.07) is 2.27. The van der Waals surface area contributed by atoms with Gasteiger partial charge in [-0.1, -0.05) is 6.42 Å². The number of fused-ring (bicyclic) bond motifs is 1. The zero-order valence-corrected chi connectivity index (χ0v) is 11.7. The molecule has 0 bridgehead atoms. The minimum atomic E-state index is -0.0720. The van der Waals surface area contributed by atoms with Gasteiger partial charge in [-0.15, -0.1) is 0 Å². The number of aryl methyl sites for hydroxylation is 1. The Hall–Kier alpha value is -1.35. The standard InChI is InChI=1S/C16H21FN2/c1-11-8-16(17)14(9-18-12-4-3-5-12)13-6-7-19(2)10-15(11)13/h6-8,12,18H,3-5,9-10H2,1-2H3. The van der Waals surface area contributed by atoms with Crippen molar-refractivity contribution in [3.63, 3.8) is 0 Å². The topological polar surface area (TPSA) is 15.3 Å².